The molecule has 3 rings (SSSR count). The predicted octanol–water partition coefficient (Wildman–Crippen LogP) is 4.79. The van der Waals surface area contributed by atoms with Crippen molar-refractivity contribution in [3.8, 4) is 0 Å². The third-order valence-electron chi connectivity index (χ3n) is 6.10. The lowest BCUT2D eigenvalue weighted by Crippen LogP contribution is -2.28. The fourth-order valence-corrected chi connectivity index (χ4v) is 4.66. The smallest absolute Gasteiger partial charge is 0.0527 e. The second kappa shape index (κ2) is 7.16. The standard InChI is InChI=1S/C19H33N3/c1-3-4-15-21(2)16-18-9-14-20-22(18)17-7-12-19(13-8-17)10-5-6-11-19/h9,14,17H,3-8,10-13,15-16H2,1-2H3. The Morgan fingerprint density at radius 2 is 1.95 bits per heavy atom. The van der Waals surface area contributed by atoms with Gasteiger partial charge in [-0.1, -0.05) is 26.2 Å². The summed E-state index contributed by atoms with van der Waals surface area (Å²) in [5.41, 5.74) is 2.13. The van der Waals surface area contributed by atoms with E-state index in [1.54, 1.807) is 0 Å². The van der Waals surface area contributed by atoms with Gasteiger partial charge >= 0.3 is 0 Å². The molecule has 2 aliphatic rings. The quantitative estimate of drug-likeness (QED) is 0.753. The summed E-state index contributed by atoms with van der Waals surface area (Å²) in [7, 11) is 2.24. The minimum absolute atomic E-state index is 0.649. The van der Waals surface area contributed by atoms with Gasteiger partial charge in [0.25, 0.3) is 0 Å². The summed E-state index contributed by atoms with van der Waals surface area (Å²) in [5, 5.41) is 4.68. The van der Waals surface area contributed by atoms with E-state index >= 15 is 0 Å². The van der Waals surface area contributed by atoms with E-state index in [0.717, 1.165) is 12.0 Å². The molecule has 0 saturated heterocycles. The molecule has 0 aromatic carbocycles. The van der Waals surface area contributed by atoms with Crippen LogP contribution >= 0.6 is 0 Å². The van der Waals surface area contributed by atoms with Crippen LogP contribution in [0.1, 0.15) is 82.9 Å². The highest BCUT2D eigenvalue weighted by Crippen LogP contribution is 2.51. The van der Waals surface area contributed by atoms with Gasteiger partial charge in [0.2, 0.25) is 0 Å². The fraction of sp³-hybridized carbons (Fsp3) is 0.842. The predicted molar refractivity (Wildman–Crippen MR) is 91.9 cm³/mol. The van der Waals surface area contributed by atoms with Crippen molar-refractivity contribution >= 4 is 0 Å². The maximum atomic E-state index is 4.68. The molecule has 1 heterocycles. The minimum Gasteiger partial charge on any atom is -0.301 e. The Kier molecular flexibility index (Phi) is 5.22. The van der Waals surface area contributed by atoms with Crippen LogP contribution in [-0.4, -0.2) is 28.3 Å². The highest BCUT2D eigenvalue weighted by atomic mass is 15.3. The summed E-state index contributed by atoms with van der Waals surface area (Å²) in [6, 6.07) is 2.87. The van der Waals surface area contributed by atoms with E-state index in [4.69, 9.17) is 0 Å². The van der Waals surface area contributed by atoms with Crippen molar-refractivity contribution in [3.05, 3.63) is 18.0 Å². The molecule has 2 saturated carbocycles. The molecule has 1 aromatic rings. The van der Waals surface area contributed by atoms with Crippen molar-refractivity contribution < 1.29 is 0 Å². The van der Waals surface area contributed by atoms with Crippen molar-refractivity contribution in [2.75, 3.05) is 13.6 Å². The van der Waals surface area contributed by atoms with Crippen LogP contribution in [0.25, 0.3) is 0 Å². The number of aromatic nitrogens is 2. The first-order valence-electron chi connectivity index (χ1n) is 9.43. The Bertz CT molecular complexity index is 449. The molecule has 0 unspecified atom stereocenters. The van der Waals surface area contributed by atoms with Crippen molar-refractivity contribution in [2.45, 2.75) is 83.7 Å². The van der Waals surface area contributed by atoms with Gasteiger partial charge in [0.05, 0.1) is 11.7 Å². The second-order valence-corrected chi connectivity index (χ2v) is 7.80. The molecule has 0 N–H and O–H groups in total. The summed E-state index contributed by atoms with van der Waals surface area (Å²) in [6.45, 7) is 4.50. The summed E-state index contributed by atoms with van der Waals surface area (Å²) in [6.07, 6.45) is 16.0. The SMILES string of the molecule is CCCCN(C)Cc1ccnn1C1CCC2(CCCC2)CC1. The number of hydrogen-bond acceptors (Lipinski definition) is 2. The molecule has 0 atom stereocenters. The molecule has 2 aliphatic carbocycles. The van der Waals surface area contributed by atoms with Crippen LogP contribution in [0.4, 0.5) is 0 Å². The highest BCUT2D eigenvalue weighted by Gasteiger charge is 2.38. The third kappa shape index (κ3) is 3.56. The molecule has 3 nitrogen and oxygen atoms in total. The summed E-state index contributed by atoms with van der Waals surface area (Å²) in [4.78, 5) is 2.44. The summed E-state index contributed by atoms with van der Waals surface area (Å²) >= 11 is 0. The van der Waals surface area contributed by atoms with E-state index in [1.165, 1.54) is 76.4 Å². The zero-order valence-corrected chi connectivity index (χ0v) is 14.6. The molecule has 2 fully saturated rings. The molecule has 124 valence electrons. The summed E-state index contributed by atoms with van der Waals surface area (Å²) < 4.78 is 2.35. The lowest BCUT2D eigenvalue weighted by molar-refractivity contribution is 0.148. The van der Waals surface area contributed by atoms with E-state index in [2.05, 4.69) is 34.7 Å². The molecule has 22 heavy (non-hydrogen) atoms. The van der Waals surface area contributed by atoms with E-state index in [-0.39, 0.29) is 0 Å². The Labute approximate surface area is 136 Å². The van der Waals surface area contributed by atoms with Crippen LogP contribution in [0.15, 0.2) is 12.3 Å². The van der Waals surface area contributed by atoms with Crippen LogP contribution in [0.2, 0.25) is 0 Å². The van der Waals surface area contributed by atoms with Crippen molar-refractivity contribution in [1.82, 2.24) is 14.7 Å². The summed E-state index contributed by atoms with van der Waals surface area (Å²) in [5.74, 6) is 0. The molecule has 1 aromatic heterocycles. The molecule has 1 spiro atoms. The van der Waals surface area contributed by atoms with Gasteiger partial charge in [-0.25, -0.2) is 0 Å². The van der Waals surface area contributed by atoms with Gasteiger partial charge in [-0.3, -0.25) is 4.68 Å². The first-order chi connectivity index (χ1) is 10.7. The van der Waals surface area contributed by atoms with E-state index < -0.39 is 0 Å². The van der Waals surface area contributed by atoms with E-state index in [1.807, 2.05) is 6.20 Å². The normalized spacial score (nSPS) is 22.0. The zero-order chi connectivity index (χ0) is 15.4. The van der Waals surface area contributed by atoms with Gasteiger partial charge in [-0.15, -0.1) is 0 Å². The van der Waals surface area contributed by atoms with E-state index in [0.29, 0.717) is 6.04 Å². The first kappa shape index (κ1) is 16.0. The van der Waals surface area contributed by atoms with Crippen molar-refractivity contribution in [2.24, 2.45) is 5.41 Å². The van der Waals surface area contributed by atoms with Crippen LogP contribution in [-0.2, 0) is 6.54 Å². The third-order valence-corrected chi connectivity index (χ3v) is 6.10. The zero-order valence-electron chi connectivity index (χ0n) is 14.6. The topological polar surface area (TPSA) is 21.1 Å². The largest absolute Gasteiger partial charge is 0.301 e. The van der Waals surface area contributed by atoms with E-state index in [9.17, 15) is 0 Å². The lowest BCUT2D eigenvalue weighted by Gasteiger charge is -2.38. The van der Waals surface area contributed by atoms with Crippen LogP contribution < -0.4 is 0 Å². The number of hydrogen-bond donors (Lipinski definition) is 0. The average Bonchev–Trinajstić information content (AvgIpc) is 3.16. The maximum absolute atomic E-state index is 4.68. The monoisotopic (exact) mass is 303 g/mol. The Balaban J connectivity index is 1.58. The molecule has 0 radical (unpaired) electrons. The highest BCUT2D eigenvalue weighted by molar-refractivity contribution is 5.03. The Hall–Kier alpha value is -0.830. The fourth-order valence-electron chi connectivity index (χ4n) is 4.66. The van der Waals surface area contributed by atoms with Gasteiger partial charge in [-0.05, 0) is 70.0 Å². The number of unbranched alkanes of at least 4 members (excludes halogenated alkanes) is 1. The first-order valence-corrected chi connectivity index (χ1v) is 9.43. The molecular formula is C19H33N3. The van der Waals surface area contributed by atoms with Gasteiger partial charge in [0.1, 0.15) is 0 Å². The molecular weight excluding hydrogens is 270 g/mol. The van der Waals surface area contributed by atoms with Gasteiger partial charge in [0, 0.05) is 12.7 Å². The van der Waals surface area contributed by atoms with Gasteiger partial charge < -0.3 is 4.90 Å². The van der Waals surface area contributed by atoms with Gasteiger partial charge in [0.15, 0.2) is 0 Å². The molecule has 0 aliphatic heterocycles. The lowest BCUT2D eigenvalue weighted by atomic mass is 9.71. The molecule has 3 heteroatoms. The maximum Gasteiger partial charge on any atom is 0.0527 e. The van der Waals surface area contributed by atoms with Crippen LogP contribution in [0, 0.1) is 5.41 Å². The second-order valence-electron chi connectivity index (χ2n) is 7.80. The van der Waals surface area contributed by atoms with Crippen LogP contribution in [0.3, 0.4) is 0 Å². The molecule has 0 amide bonds. The van der Waals surface area contributed by atoms with Crippen molar-refractivity contribution in [3.63, 3.8) is 0 Å². The number of nitrogens with zero attached hydrogens (tertiary/aromatic N) is 3. The van der Waals surface area contributed by atoms with Crippen molar-refractivity contribution in [1.29, 1.82) is 0 Å². The minimum atomic E-state index is 0.649. The Morgan fingerprint density at radius 3 is 2.64 bits per heavy atom. The van der Waals surface area contributed by atoms with Gasteiger partial charge in [-0.2, -0.15) is 5.10 Å². The average molecular weight is 303 g/mol. The molecule has 0 bridgehead atoms. The van der Waals surface area contributed by atoms with Crippen LogP contribution in [0.5, 0.6) is 0 Å². The Morgan fingerprint density at radius 1 is 1.23 bits per heavy atom. The number of rotatable bonds is 6.